The van der Waals surface area contributed by atoms with Crippen molar-refractivity contribution in [3.05, 3.63) is 170 Å². The van der Waals surface area contributed by atoms with Crippen molar-refractivity contribution in [3.63, 3.8) is 0 Å². The van der Waals surface area contributed by atoms with Crippen LogP contribution in [0.1, 0.15) is 19.2 Å². The third kappa shape index (κ3) is 3.90. The zero-order valence-corrected chi connectivity index (χ0v) is 24.5. The molecule has 0 N–H and O–H groups in total. The first-order valence-electron chi connectivity index (χ1n) is 22.0. The van der Waals surface area contributed by atoms with Crippen molar-refractivity contribution in [2.24, 2.45) is 0 Å². The van der Waals surface area contributed by atoms with E-state index in [4.69, 9.17) is 12.6 Å². The summed E-state index contributed by atoms with van der Waals surface area (Å²) in [6, 6.07) is 16.5. The second-order valence-electron chi connectivity index (χ2n) is 11.3. The number of fused-ring (bicyclic) bond motifs is 7. The molecule has 0 aliphatic rings. The fourth-order valence-electron chi connectivity index (χ4n) is 6.81. The molecular weight excluding hydrogens is 569 g/mol. The van der Waals surface area contributed by atoms with Gasteiger partial charge in [-0.05, 0) is 94.7 Å². The molecule has 0 aliphatic heterocycles. The summed E-state index contributed by atoms with van der Waals surface area (Å²) in [7, 11) is 0. The topological polar surface area (TPSA) is 13.1 Å². The third-order valence-corrected chi connectivity index (χ3v) is 8.84. The van der Waals surface area contributed by atoms with Crippen LogP contribution in [0.15, 0.2) is 174 Å². The van der Waals surface area contributed by atoms with Gasteiger partial charge in [0.2, 0.25) is 0 Å². The molecule has 1 aromatic heterocycles. The Bertz CT molecular complexity index is 3570. The molecule has 0 saturated heterocycles. The van der Waals surface area contributed by atoms with Crippen LogP contribution in [-0.4, -0.2) is 0 Å². The second kappa shape index (κ2) is 10.2. The first-order valence-corrected chi connectivity index (χ1v) is 15.0. The fourth-order valence-corrected chi connectivity index (χ4v) is 6.81. The number of rotatable bonds is 3. The van der Waals surface area contributed by atoms with Gasteiger partial charge in [-0.3, -0.25) is 0 Å². The standard InChI is InChI=1S/C46H28O/c1-2-13-30-28-31(25-24-29(30)12-1)32-26-27-39(34-15-4-3-14-33(32)34)44-35-16-5-7-18-37(35)45(38-19-8-6-17-36(38)44)41-21-11-23-43-46(41)40-20-9-10-22-42(40)47-43/h1-28H/i3D,4D,5D,6D,7D,8D,14D,15D,16D,17D,18D,19D,26D,27D. The minimum Gasteiger partial charge on any atom is -0.456 e. The molecule has 1 nitrogen and oxygen atoms in total. The number of furan rings is 1. The van der Waals surface area contributed by atoms with Gasteiger partial charge in [0.25, 0.3) is 0 Å². The van der Waals surface area contributed by atoms with Gasteiger partial charge in [-0.1, -0.05) is 151 Å². The Hall–Kier alpha value is -6.18. The second-order valence-corrected chi connectivity index (χ2v) is 11.3. The van der Waals surface area contributed by atoms with Gasteiger partial charge >= 0.3 is 0 Å². The Morgan fingerprint density at radius 3 is 1.66 bits per heavy atom. The van der Waals surface area contributed by atoms with E-state index in [0.717, 1.165) is 10.8 Å². The van der Waals surface area contributed by atoms with E-state index in [2.05, 4.69) is 0 Å². The van der Waals surface area contributed by atoms with Gasteiger partial charge in [0.15, 0.2) is 0 Å². The van der Waals surface area contributed by atoms with Gasteiger partial charge in [-0.25, -0.2) is 0 Å². The summed E-state index contributed by atoms with van der Waals surface area (Å²) >= 11 is 0. The largest absolute Gasteiger partial charge is 0.456 e. The molecule has 1 heterocycles. The molecule has 0 bridgehead atoms. The van der Waals surface area contributed by atoms with Crippen molar-refractivity contribution >= 4 is 65.0 Å². The number of para-hydroxylation sites is 1. The van der Waals surface area contributed by atoms with Gasteiger partial charge in [0.1, 0.15) is 11.2 Å². The molecule has 0 radical (unpaired) electrons. The molecule has 0 fully saturated rings. The number of hydrogen-bond acceptors (Lipinski definition) is 1. The van der Waals surface area contributed by atoms with Crippen molar-refractivity contribution in [2.45, 2.75) is 0 Å². The lowest BCUT2D eigenvalue weighted by molar-refractivity contribution is 0.669. The molecule has 9 aromatic carbocycles. The third-order valence-electron chi connectivity index (χ3n) is 8.84. The Morgan fingerprint density at radius 2 is 0.936 bits per heavy atom. The van der Waals surface area contributed by atoms with E-state index in [-0.39, 0.29) is 54.6 Å². The van der Waals surface area contributed by atoms with Crippen molar-refractivity contribution in [3.8, 4) is 33.4 Å². The van der Waals surface area contributed by atoms with Crippen LogP contribution in [-0.2, 0) is 0 Å². The van der Waals surface area contributed by atoms with E-state index in [0.29, 0.717) is 33.1 Å². The number of benzene rings is 9. The van der Waals surface area contributed by atoms with Crippen LogP contribution >= 0.6 is 0 Å². The van der Waals surface area contributed by atoms with E-state index >= 15 is 0 Å². The lowest BCUT2D eigenvalue weighted by Crippen LogP contribution is -1.93. The normalized spacial score (nSPS) is 16.0. The van der Waals surface area contributed by atoms with Crippen LogP contribution in [0.3, 0.4) is 0 Å². The van der Waals surface area contributed by atoms with Crippen molar-refractivity contribution in [2.75, 3.05) is 0 Å². The van der Waals surface area contributed by atoms with E-state index < -0.39 is 84.6 Å². The van der Waals surface area contributed by atoms with Crippen LogP contribution < -0.4 is 0 Å². The molecule has 218 valence electrons. The van der Waals surface area contributed by atoms with Gasteiger partial charge in [0, 0.05) is 10.8 Å². The average Bonchev–Trinajstić information content (AvgIpc) is 3.66. The van der Waals surface area contributed by atoms with Crippen LogP contribution in [0.25, 0.3) is 98.4 Å². The summed E-state index contributed by atoms with van der Waals surface area (Å²) in [4.78, 5) is 0. The van der Waals surface area contributed by atoms with E-state index in [1.165, 1.54) is 0 Å². The highest BCUT2D eigenvalue weighted by Crippen LogP contribution is 2.48. The predicted octanol–water partition coefficient (Wildman–Crippen LogP) is 13.2. The Kier molecular flexibility index (Phi) is 3.44. The van der Waals surface area contributed by atoms with Crippen LogP contribution in [0.2, 0.25) is 0 Å². The highest BCUT2D eigenvalue weighted by Gasteiger charge is 2.21. The Morgan fingerprint density at radius 1 is 0.383 bits per heavy atom. The Labute approximate surface area is 291 Å². The van der Waals surface area contributed by atoms with Gasteiger partial charge in [-0.2, -0.15) is 0 Å². The molecule has 10 aromatic rings. The van der Waals surface area contributed by atoms with E-state index in [9.17, 15) is 11.0 Å². The van der Waals surface area contributed by atoms with E-state index in [1.807, 2.05) is 30.3 Å². The molecule has 0 unspecified atom stereocenters. The SMILES string of the molecule is [2H]c1c([2H])c([2H])c2c(-c3c4c([2H])c([2H])c([2H])c([2H])c4c(-c4cccc5oc6ccccc6c45)c4c([2H])c([2H])c([2H])c([2H])c34)c([2H])c([2H])c(-c3ccc4ccccc4c3)c2c1[2H]. The molecule has 0 aliphatic carbocycles. The zero-order chi connectivity index (χ0) is 43.1. The van der Waals surface area contributed by atoms with Crippen molar-refractivity contribution < 1.29 is 23.6 Å². The molecular formula is C46H28O. The maximum atomic E-state index is 9.81. The molecule has 0 atom stereocenters. The first kappa shape index (κ1) is 15.9. The summed E-state index contributed by atoms with van der Waals surface area (Å²) in [6.45, 7) is 0. The summed E-state index contributed by atoms with van der Waals surface area (Å²) in [5, 5.41) is 1.56. The van der Waals surface area contributed by atoms with Crippen LogP contribution in [0, 0.1) is 0 Å². The fraction of sp³-hybridized carbons (Fsp3) is 0. The number of hydrogen-bond donors (Lipinski definition) is 0. The predicted molar refractivity (Wildman–Crippen MR) is 200 cm³/mol. The maximum Gasteiger partial charge on any atom is 0.136 e. The summed E-state index contributed by atoms with van der Waals surface area (Å²) in [5.74, 6) is 0. The monoisotopic (exact) mass is 610 g/mol. The summed E-state index contributed by atoms with van der Waals surface area (Å²) in [5.41, 5.74) is 1.06. The molecule has 10 rings (SSSR count). The van der Waals surface area contributed by atoms with Crippen LogP contribution in [0.5, 0.6) is 0 Å². The van der Waals surface area contributed by atoms with Crippen molar-refractivity contribution in [1.82, 2.24) is 0 Å². The van der Waals surface area contributed by atoms with E-state index in [1.54, 1.807) is 54.6 Å². The highest BCUT2D eigenvalue weighted by molar-refractivity contribution is 6.27. The van der Waals surface area contributed by atoms with Gasteiger partial charge in [-0.15, -0.1) is 0 Å². The maximum absolute atomic E-state index is 9.81. The smallest absolute Gasteiger partial charge is 0.136 e. The minimum absolute atomic E-state index is 0.0223. The highest BCUT2D eigenvalue weighted by atomic mass is 16.3. The van der Waals surface area contributed by atoms with Crippen molar-refractivity contribution in [1.29, 1.82) is 0 Å². The lowest BCUT2D eigenvalue weighted by atomic mass is 9.83. The molecule has 0 saturated carbocycles. The van der Waals surface area contributed by atoms with Gasteiger partial charge < -0.3 is 4.42 Å². The molecule has 0 amide bonds. The first-order chi connectivity index (χ1) is 29.1. The van der Waals surface area contributed by atoms with Gasteiger partial charge in [0.05, 0.1) is 19.2 Å². The lowest BCUT2D eigenvalue weighted by Gasteiger charge is -2.20. The minimum atomic E-state index is -0.687. The summed E-state index contributed by atoms with van der Waals surface area (Å²) < 4.78 is 136. The summed E-state index contributed by atoms with van der Waals surface area (Å²) in [6.07, 6.45) is 0. The molecule has 1 heteroatoms. The Balaban J connectivity index is 1.52. The molecule has 0 spiro atoms. The van der Waals surface area contributed by atoms with Crippen LogP contribution in [0.4, 0.5) is 0 Å². The quantitative estimate of drug-likeness (QED) is 0.181. The average molecular weight is 611 g/mol. The zero-order valence-electron chi connectivity index (χ0n) is 38.5. The molecule has 47 heavy (non-hydrogen) atoms.